The fraction of sp³-hybridized carbons (Fsp3) is 0.682. The van der Waals surface area contributed by atoms with E-state index in [4.69, 9.17) is 9.47 Å². The van der Waals surface area contributed by atoms with Gasteiger partial charge in [0.05, 0.1) is 19.2 Å². The summed E-state index contributed by atoms with van der Waals surface area (Å²) < 4.78 is 11.7. The minimum absolute atomic E-state index is 0.153. The molecule has 0 N–H and O–H groups in total. The molecule has 2 rings (SSSR count). The third kappa shape index (κ3) is 7.89. The molecule has 0 bridgehead atoms. The summed E-state index contributed by atoms with van der Waals surface area (Å²) >= 11 is 0. The Balaban J connectivity index is 1.65. The zero-order valence-corrected chi connectivity index (χ0v) is 17.7. The lowest BCUT2D eigenvalue weighted by Crippen LogP contribution is -2.44. The van der Waals surface area contributed by atoms with Crippen LogP contribution in [-0.2, 0) is 9.53 Å². The molecule has 1 aromatic carbocycles. The first-order chi connectivity index (χ1) is 12.8. The first kappa shape index (κ1) is 21.7. The average Bonchev–Trinajstić information content (AvgIpc) is 2.60. The first-order valence-electron chi connectivity index (χ1n) is 10.1. The maximum Gasteiger partial charge on any atom is 0.236 e. The van der Waals surface area contributed by atoms with Gasteiger partial charge in [0.1, 0.15) is 12.4 Å². The van der Waals surface area contributed by atoms with Crippen molar-refractivity contribution in [3.05, 3.63) is 29.3 Å². The number of piperidine rings is 1. The van der Waals surface area contributed by atoms with Crippen molar-refractivity contribution in [3.8, 4) is 5.75 Å². The molecular weight excluding hydrogens is 340 g/mol. The monoisotopic (exact) mass is 376 g/mol. The number of hydrogen-bond donors (Lipinski definition) is 0. The quantitative estimate of drug-likeness (QED) is 0.663. The summed E-state index contributed by atoms with van der Waals surface area (Å²) in [5.41, 5.74) is 2.38. The highest BCUT2D eigenvalue weighted by molar-refractivity contribution is 5.78. The molecule has 0 radical (unpaired) electrons. The Kier molecular flexibility index (Phi) is 8.58. The maximum atomic E-state index is 12.5. The second kappa shape index (κ2) is 10.7. The van der Waals surface area contributed by atoms with Crippen LogP contribution in [0.25, 0.3) is 0 Å². The van der Waals surface area contributed by atoms with Crippen LogP contribution in [0.1, 0.15) is 37.8 Å². The molecule has 152 valence electrons. The van der Waals surface area contributed by atoms with Gasteiger partial charge in [0.25, 0.3) is 0 Å². The summed E-state index contributed by atoms with van der Waals surface area (Å²) in [5, 5.41) is 0. The third-order valence-electron chi connectivity index (χ3n) is 4.88. The zero-order chi connectivity index (χ0) is 19.8. The number of aryl methyl sites for hydroxylation is 2. The summed E-state index contributed by atoms with van der Waals surface area (Å²) in [5.74, 6) is 1.60. The molecule has 1 saturated heterocycles. The average molecular weight is 377 g/mol. The van der Waals surface area contributed by atoms with Crippen molar-refractivity contribution >= 4 is 5.91 Å². The topological polar surface area (TPSA) is 42.0 Å². The number of likely N-dealkylation sites (N-methyl/N-ethyl adjacent to an activating group) is 1. The van der Waals surface area contributed by atoms with Crippen LogP contribution in [-0.4, -0.2) is 68.3 Å². The van der Waals surface area contributed by atoms with Gasteiger partial charge < -0.3 is 14.4 Å². The molecule has 27 heavy (non-hydrogen) atoms. The number of rotatable bonds is 9. The van der Waals surface area contributed by atoms with Gasteiger partial charge in [0.2, 0.25) is 5.91 Å². The lowest BCUT2D eigenvalue weighted by atomic mass is 10.1. The van der Waals surface area contributed by atoms with Crippen LogP contribution in [0.5, 0.6) is 5.75 Å². The fourth-order valence-electron chi connectivity index (χ4n) is 3.32. The number of hydrogen-bond acceptors (Lipinski definition) is 4. The first-order valence-corrected chi connectivity index (χ1v) is 10.1. The predicted octanol–water partition coefficient (Wildman–Crippen LogP) is 3.28. The van der Waals surface area contributed by atoms with E-state index in [1.165, 1.54) is 11.1 Å². The number of nitrogens with zero attached hydrogens (tertiary/aromatic N) is 2. The Hall–Kier alpha value is -1.59. The third-order valence-corrected chi connectivity index (χ3v) is 4.88. The van der Waals surface area contributed by atoms with Gasteiger partial charge in [-0.2, -0.15) is 0 Å². The highest BCUT2D eigenvalue weighted by Gasteiger charge is 2.22. The van der Waals surface area contributed by atoms with Crippen molar-refractivity contribution in [3.63, 3.8) is 0 Å². The molecular formula is C22H36N2O3. The number of ether oxygens (including phenoxy) is 2. The molecule has 0 saturated carbocycles. The molecule has 1 aliphatic heterocycles. The smallest absolute Gasteiger partial charge is 0.236 e. The summed E-state index contributed by atoms with van der Waals surface area (Å²) in [6.07, 6.45) is 2.38. The number of carbonyl (C=O) groups is 1. The molecule has 0 atom stereocenters. The minimum Gasteiger partial charge on any atom is -0.492 e. The number of benzene rings is 1. The fourth-order valence-corrected chi connectivity index (χ4v) is 3.32. The molecule has 1 aromatic rings. The van der Waals surface area contributed by atoms with Crippen LogP contribution >= 0.6 is 0 Å². The van der Waals surface area contributed by atoms with E-state index in [1.54, 1.807) is 4.90 Å². The molecule has 0 spiro atoms. The summed E-state index contributed by atoms with van der Waals surface area (Å²) in [7, 11) is 1.85. The van der Waals surface area contributed by atoms with Crippen molar-refractivity contribution in [2.75, 3.05) is 46.4 Å². The van der Waals surface area contributed by atoms with E-state index in [-0.39, 0.29) is 5.91 Å². The van der Waals surface area contributed by atoms with Gasteiger partial charge in [0, 0.05) is 26.7 Å². The highest BCUT2D eigenvalue weighted by Crippen LogP contribution is 2.16. The Morgan fingerprint density at radius 2 is 1.81 bits per heavy atom. The number of carbonyl (C=O) groups excluding carboxylic acids is 1. The Bertz CT molecular complexity index is 575. The van der Waals surface area contributed by atoms with Crippen molar-refractivity contribution in [1.82, 2.24) is 9.80 Å². The van der Waals surface area contributed by atoms with Gasteiger partial charge in [-0.3, -0.25) is 9.69 Å². The van der Waals surface area contributed by atoms with Crippen molar-refractivity contribution in [2.45, 2.75) is 46.6 Å². The normalized spacial score (nSPS) is 15.9. The van der Waals surface area contributed by atoms with Crippen LogP contribution in [0, 0.1) is 19.8 Å². The van der Waals surface area contributed by atoms with Crippen LogP contribution < -0.4 is 4.74 Å². The minimum atomic E-state index is 0.153. The molecule has 5 nitrogen and oxygen atoms in total. The molecule has 0 aromatic heterocycles. The molecule has 5 heteroatoms. The van der Waals surface area contributed by atoms with E-state index in [1.807, 2.05) is 19.2 Å². The maximum absolute atomic E-state index is 12.5. The Labute approximate surface area is 164 Å². The van der Waals surface area contributed by atoms with Crippen molar-refractivity contribution in [1.29, 1.82) is 0 Å². The molecule has 0 unspecified atom stereocenters. The largest absolute Gasteiger partial charge is 0.492 e. The van der Waals surface area contributed by atoms with E-state index in [2.05, 4.69) is 38.7 Å². The van der Waals surface area contributed by atoms with Crippen LogP contribution in [0.4, 0.5) is 0 Å². The molecule has 1 aliphatic rings. The van der Waals surface area contributed by atoms with Crippen LogP contribution in [0.15, 0.2) is 18.2 Å². The summed E-state index contributed by atoms with van der Waals surface area (Å²) in [4.78, 5) is 16.5. The van der Waals surface area contributed by atoms with Crippen molar-refractivity contribution in [2.24, 2.45) is 5.92 Å². The van der Waals surface area contributed by atoms with Crippen molar-refractivity contribution < 1.29 is 14.3 Å². The van der Waals surface area contributed by atoms with Gasteiger partial charge in [-0.25, -0.2) is 0 Å². The lowest BCUT2D eigenvalue weighted by Gasteiger charge is -2.32. The zero-order valence-electron chi connectivity index (χ0n) is 17.7. The SMILES string of the molecule is Cc1cc(C)cc(OCCN(C)C(=O)CN2CCC(OCC(C)C)CC2)c1. The molecule has 1 amide bonds. The van der Waals surface area contributed by atoms with E-state index in [0.29, 0.717) is 31.7 Å². The number of amides is 1. The Morgan fingerprint density at radius 3 is 2.41 bits per heavy atom. The number of likely N-dealkylation sites (tertiary alicyclic amines) is 1. The summed E-state index contributed by atoms with van der Waals surface area (Å²) in [6.45, 7) is 12.8. The van der Waals surface area contributed by atoms with Crippen LogP contribution in [0.3, 0.4) is 0 Å². The standard InChI is InChI=1S/C22H36N2O3/c1-17(2)16-27-20-6-8-24(9-7-20)15-22(25)23(5)10-11-26-21-13-18(3)12-19(4)14-21/h12-14,17,20H,6-11,15-16H2,1-5H3. The van der Waals surface area contributed by atoms with E-state index in [9.17, 15) is 4.79 Å². The van der Waals surface area contributed by atoms with Gasteiger partial charge in [-0.05, 0) is 55.9 Å². The van der Waals surface area contributed by atoms with E-state index >= 15 is 0 Å². The second-order valence-electron chi connectivity index (χ2n) is 8.19. The lowest BCUT2D eigenvalue weighted by molar-refractivity contribution is -0.132. The van der Waals surface area contributed by atoms with Crippen LogP contribution in [0.2, 0.25) is 0 Å². The Morgan fingerprint density at radius 1 is 1.19 bits per heavy atom. The summed E-state index contributed by atoms with van der Waals surface area (Å²) in [6, 6.07) is 6.18. The molecule has 1 fully saturated rings. The van der Waals surface area contributed by atoms with E-state index in [0.717, 1.165) is 38.3 Å². The highest BCUT2D eigenvalue weighted by atomic mass is 16.5. The molecule has 1 heterocycles. The van der Waals surface area contributed by atoms with Gasteiger partial charge >= 0.3 is 0 Å². The molecule has 0 aliphatic carbocycles. The van der Waals surface area contributed by atoms with Gasteiger partial charge in [-0.1, -0.05) is 19.9 Å². The predicted molar refractivity (Wildman–Crippen MR) is 109 cm³/mol. The van der Waals surface area contributed by atoms with Gasteiger partial charge in [0.15, 0.2) is 0 Å². The second-order valence-corrected chi connectivity index (χ2v) is 8.19. The van der Waals surface area contributed by atoms with E-state index < -0.39 is 0 Å². The van der Waals surface area contributed by atoms with Gasteiger partial charge in [-0.15, -0.1) is 0 Å².